The molecule has 0 bridgehead atoms. The molecule has 1 atom stereocenters. The largest absolute Gasteiger partial charge is 0.481 e. The molecule has 0 aromatic heterocycles. The second kappa shape index (κ2) is 4.50. The molecule has 1 aliphatic rings. The standard InChI is InChI=1S/C14H15NO4/c1-3-14(2,13(18)19)8-15-11(16)9-6-4-5-7-10(9)12(15)17/h4-7H,3,8H2,1-2H3,(H,18,19). The van der Waals surface area contributed by atoms with Gasteiger partial charge in [0.1, 0.15) is 0 Å². The second-order valence-electron chi connectivity index (χ2n) is 4.96. The minimum absolute atomic E-state index is 0.106. The summed E-state index contributed by atoms with van der Waals surface area (Å²) in [5, 5.41) is 9.23. The SMILES string of the molecule is CCC(C)(CN1C(=O)c2ccccc2C1=O)C(=O)O. The normalized spacial score (nSPS) is 17.3. The Balaban J connectivity index is 2.33. The molecule has 0 saturated carbocycles. The van der Waals surface area contributed by atoms with E-state index in [-0.39, 0.29) is 6.54 Å². The molecule has 1 aliphatic heterocycles. The van der Waals surface area contributed by atoms with Gasteiger partial charge in [-0.3, -0.25) is 19.3 Å². The van der Waals surface area contributed by atoms with E-state index in [1.54, 1.807) is 38.1 Å². The van der Waals surface area contributed by atoms with E-state index >= 15 is 0 Å². The molecular weight excluding hydrogens is 246 g/mol. The fraction of sp³-hybridized carbons (Fsp3) is 0.357. The lowest BCUT2D eigenvalue weighted by molar-refractivity contribution is -0.148. The van der Waals surface area contributed by atoms with Crippen LogP contribution in [0.2, 0.25) is 0 Å². The van der Waals surface area contributed by atoms with Crippen LogP contribution in [0, 0.1) is 5.41 Å². The van der Waals surface area contributed by atoms with E-state index in [1.807, 2.05) is 0 Å². The summed E-state index contributed by atoms with van der Waals surface area (Å²) in [7, 11) is 0. The van der Waals surface area contributed by atoms with Gasteiger partial charge in [-0.1, -0.05) is 19.1 Å². The number of carbonyl (C=O) groups is 3. The number of hydrogen-bond donors (Lipinski definition) is 1. The third-order valence-electron chi connectivity index (χ3n) is 3.68. The van der Waals surface area contributed by atoms with Gasteiger partial charge < -0.3 is 5.11 Å². The number of nitrogens with zero attached hydrogens (tertiary/aromatic N) is 1. The van der Waals surface area contributed by atoms with Crippen molar-refractivity contribution in [3.05, 3.63) is 35.4 Å². The number of fused-ring (bicyclic) bond motifs is 1. The molecule has 19 heavy (non-hydrogen) atoms. The molecule has 0 saturated heterocycles. The minimum atomic E-state index is -1.12. The van der Waals surface area contributed by atoms with Crippen LogP contribution in [0.25, 0.3) is 0 Å². The lowest BCUT2D eigenvalue weighted by atomic mass is 9.87. The van der Waals surface area contributed by atoms with Crippen LogP contribution in [0.3, 0.4) is 0 Å². The van der Waals surface area contributed by atoms with E-state index in [0.717, 1.165) is 4.90 Å². The van der Waals surface area contributed by atoms with E-state index in [9.17, 15) is 19.5 Å². The van der Waals surface area contributed by atoms with Crippen LogP contribution in [0.4, 0.5) is 0 Å². The van der Waals surface area contributed by atoms with Crippen LogP contribution in [0.5, 0.6) is 0 Å². The number of aliphatic carboxylic acids is 1. The zero-order valence-electron chi connectivity index (χ0n) is 10.8. The highest BCUT2D eigenvalue weighted by Crippen LogP contribution is 2.29. The van der Waals surface area contributed by atoms with Gasteiger partial charge in [0.2, 0.25) is 0 Å². The van der Waals surface area contributed by atoms with Gasteiger partial charge in [0.15, 0.2) is 0 Å². The van der Waals surface area contributed by atoms with Crippen molar-refractivity contribution in [2.45, 2.75) is 20.3 Å². The van der Waals surface area contributed by atoms with Crippen LogP contribution in [-0.4, -0.2) is 34.3 Å². The van der Waals surface area contributed by atoms with Crippen molar-refractivity contribution in [1.82, 2.24) is 4.90 Å². The van der Waals surface area contributed by atoms with E-state index in [1.165, 1.54) is 0 Å². The number of carboxylic acids is 1. The molecule has 100 valence electrons. The van der Waals surface area contributed by atoms with Crippen molar-refractivity contribution in [2.24, 2.45) is 5.41 Å². The van der Waals surface area contributed by atoms with Gasteiger partial charge in [0.25, 0.3) is 11.8 Å². The molecule has 1 N–H and O–H groups in total. The number of benzene rings is 1. The minimum Gasteiger partial charge on any atom is -0.481 e. The first-order valence-electron chi connectivity index (χ1n) is 6.09. The van der Waals surface area contributed by atoms with Crippen LogP contribution in [0.15, 0.2) is 24.3 Å². The first-order chi connectivity index (χ1) is 8.90. The number of carbonyl (C=O) groups excluding carboxylic acids is 2. The summed E-state index contributed by atoms with van der Waals surface area (Å²) < 4.78 is 0. The van der Waals surface area contributed by atoms with Gasteiger partial charge in [-0.05, 0) is 25.5 Å². The van der Waals surface area contributed by atoms with Gasteiger partial charge in [-0.15, -0.1) is 0 Å². The number of carboxylic acid groups (broad SMARTS) is 1. The highest BCUT2D eigenvalue weighted by molar-refractivity contribution is 6.21. The van der Waals surface area contributed by atoms with Crippen molar-refractivity contribution < 1.29 is 19.5 Å². The Morgan fingerprint density at radius 3 is 2.05 bits per heavy atom. The smallest absolute Gasteiger partial charge is 0.311 e. The summed E-state index contributed by atoms with van der Waals surface area (Å²) in [6, 6.07) is 6.53. The zero-order valence-corrected chi connectivity index (χ0v) is 10.8. The third-order valence-corrected chi connectivity index (χ3v) is 3.68. The fourth-order valence-corrected chi connectivity index (χ4v) is 2.06. The summed E-state index contributed by atoms with van der Waals surface area (Å²) in [5.74, 6) is -1.84. The van der Waals surface area contributed by atoms with E-state index in [0.29, 0.717) is 17.5 Å². The maximum atomic E-state index is 12.1. The average molecular weight is 261 g/mol. The second-order valence-corrected chi connectivity index (χ2v) is 4.96. The number of imide groups is 1. The van der Waals surface area contributed by atoms with Crippen LogP contribution in [-0.2, 0) is 4.79 Å². The topological polar surface area (TPSA) is 74.7 Å². The zero-order chi connectivity index (χ0) is 14.2. The van der Waals surface area contributed by atoms with Crippen molar-refractivity contribution in [2.75, 3.05) is 6.54 Å². The quantitative estimate of drug-likeness (QED) is 0.838. The van der Waals surface area contributed by atoms with E-state index < -0.39 is 23.2 Å². The lowest BCUT2D eigenvalue weighted by Gasteiger charge is -2.27. The molecule has 1 aromatic rings. The molecule has 1 unspecified atom stereocenters. The van der Waals surface area contributed by atoms with Crippen LogP contribution in [0.1, 0.15) is 41.0 Å². The molecule has 1 heterocycles. The molecular formula is C14H15NO4. The Kier molecular flexibility index (Phi) is 3.14. The van der Waals surface area contributed by atoms with Gasteiger partial charge in [0, 0.05) is 6.54 Å². The molecule has 1 aromatic carbocycles. The van der Waals surface area contributed by atoms with Gasteiger partial charge in [-0.2, -0.15) is 0 Å². The first kappa shape index (κ1) is 13.3. The lowest BCUT2D eigenvalue weighted by Crippen LogP contribution is -2.43. The summed E-state index contributed by atoms with van der Waals surface area (Å²) in [4.78, 5) is 36.6. The maximum absolute atomic E-state index is 12.1. The maximum Gasteiger partial charge on any atom is 0.311 e. The summed E-state index contributed by atoms with van der Waals surface area (Å²) in [6.07, 6.45) is 0.343. The molecule has 5 nitrogen and oxygen atoms in total. The number of rotatable bonds is 4. The highest BCUT2D eigenvalue weighted by atomic mass is 16.4. The Hall–Kier alpha value is -2.17. The molecule has 0 fully saturated rings. The molecule has 5 heteroatoms. The molecule has 0 spiro atoms. The number of hydrogen-bond acceptors (Lipinski definition) is 3. The molecule has 0 aliphatic carbocycles. The Bertz CT molecular complexity index is 531. The fourth-order valence-electron chi connectivity index (χ4n) is 2.06. The van der Waals surface area contributed by atoms with Crippen molar-refractivity contribution >= 4 is 17.8 Å². The van der Waals surface area contributed by atoms with Crippen molar-refractivity contribution in [1.29, 1.82) is 0 Å². The molecule has 2 amide bonds. The molecule has 0 radical (unpaired) electrons. The van der Waals surface area contributed by atoms with Gasteiger partial charge >= 0.3 is 5.97 Å². The summed E-state index contributed by atoms with van der Waals surface area (Å²) >= 11 is 0. The van der Waals surface area contributed by atoms with Gasteiger partial charge in [0.05, 0.1) is 16.5 Å². The Labute approximate surface area is 110 Å². The third kappa shape index (κ3) is 2.01. The van der Waals surface area contributed by atoms with Crippen LogP contribution < -0.4 is 0 Å². The van der Waals surface area contributed by atoms with Crippen molar-refractivity contribution in [3.63, 3.8) is 0 Å². The van der Waals surface area contributed by atoms with Gasteiger partial charge in [-0.25, -0.2) is 0 Å². The van der Waals surface area contributed by atoms with E-state index in [4.69, 9.17) is 0 Å². The predicted octanol–water partition coefficient (Wildman–Crippen LogP) is 1.78. The van der Waals surface area contributed by atoms with E-state index in [2.05, 4.69) is 0 Å². The summed E-state index contributed by atoms with van der Waals surface area (Å²) in [6.45, 7) is 3.16. The van der Waals surface area contributed by atoms with Crippen molar-refractivity contribution in [3.8, 4) is 0 Å². The predicted molar refractivity (Wildman–Crippen MR) is 67.8 cm³/mol. The Morgan fingerprint density at radius 1 is 1.21 bits per heavy atom. The first-order valence-corrected chi connectivity index (χ1v) is 6.09. The monoisotopic (exact) mass is 261 g/mol. The number of amides is 2. The summed E-state index contributed by atoms with van der Waals surface area (Å²) in [5.41, 5.74) is -0.430. The average Bonchev–Trinajstić information content (AvgIpc) is 2.64. The van der Waals surface area contributed by atoms with Crippen LogP contribution >= 0.6 is 0 Å². The highest BCUT2D eigenvalue weighted by Gasteiger charge is 2.42. The molecule has 2 rings (SSSR count). The Morgan fingerprint density at radius 2 is 1.68 bits per heavy atom.